The molecule has 6 nitrogen and oxygen atoms in total. The Morgan fingerprint density at radius 2 is 1.69 bits per heavy atom. The monoisotopic (exact) mass is 389 g/mol. The Labute approximate surface area is 169 Å². The maximum Gasteiger partial charge on any atom is 0.261 e. The van der Waals surface area contributed by atoms with Crippen LogP contribution in [0.1, 0.15) is 49.5 Å². The van der Waals surface area contributed by atoms with Crippen molar-refractivity contribution in [1.29, 1.82) is 0 Å². The summed E-state index contributed by atoms with van der Waals surface area (Å²) < 4.78 is 0. The van der Waals surface area contributed by atoms with E-state index in [1.165, 1.54) is 4.90 Å². The Morgan fingerprint density at radius 1 is 0.966 bits per heavy atom. The number of likely N-dealkylation sites (tertiary alicyclic amines) is 1. The zero-order valence-electron chi connectivity index (χ0n) is 16.1. The van der Waals surface area contributed by atoms with E-state index in [-0.39, 0.29) is 30.3 Å². The first-order valence-corrected chi connectivity index (χ1v) is 10.1. The van der Waals surface area contributed by atoms with Crippen LogP contribution in [0, 0.1) is 11.8 Å². The Balaban J connectivity index is 1.33. The highest BCUT2D eigenvalue weighted by atomic mass is 16.2. The Kier molecular flexibility index (Phi) is 4.24. The molecule has 2 N–H and O–H groups in total. The van der Waals surface area contributed by atoms with Crippen molar-refractivity contribution in [1.82, 2.24) is 9.80 Å². The normalized spacial score (nSPS) is 25.5. The SMILES string of the molecule is NC1CCC2CN(C(=O)c3cccc(CN4C(=O)c5ccccc5C4=O)c3)CC12. The maximum absolute atomic E-state index is 13.0. The lowest BCUT2D eigenvalue weighted by Crippen LogP contribution is -2.33. The average Bonchev–Trinajstić information content (AvgIpc) is 3.38. The van der Waals surface area contributed by atoms with Crippen molar-refractivity contribution in [2.24, 2.45) is 17.6 Å². The maximum atomic E-state index is 13.0. The van der Waals surface area contributed by atoms with E-state index in [4.69, 9.17) is 5.73 Å². The van der Waals surface area contributed by atoms with Crippen molar-refractivity contribution in [2.75, 3.05) is 13.1 Å². The molecule has 0 spiro atoms. The summed E-state index contributed by atoms with van der Waals surface area (Å²) in [6, 6.07) is 14.3. The van der Waals surface area contributed by atoms with Gasteiger partial charge in [-0.3, -0.25) is 19.3 Å². The average molecular weight is 389 g/mol. The lowest BCUT2D eigenvalue weighted by atomic mass is 9.98. The first kappa shape index (κ1) is 18.1. The number of benzene rings is 2. The molecule has 6 heteroatoms. The number of nitrogens with two attached hydrogens (primary N) is 1. The highest BCUT2D eigenvalue weighted by Crippen LogP contribution is 2.37. The Hall–Kier alpha value is -2.99. The van der Waals surface area contributed by atoms with Crippen LogP contribution in [0.4, 0.5) is 0 Å². The van der Waals surface area contributed by atoms with Crippen molar-refractivity contribution < 1.29 is 14.4 Å². The van der Waals surface area contributed by atoms with Gasteiger partial charge in [0.1, 0.15) is 0 Å². The van der Waals surface area contributed by atoms with Gasteiger partial charge in [-0.25, -0.2) is 0 Å². The molecule has 2 aromatic rings. The van der Waals surface area contributed by atoms with Crippen LogP contribution in [0.2, 0.25) is 0 Å². The van der Waals surface area contributed by atoms with E-state index in [0.29, 0.717) is 35.1 Å². The molecule has 2 heterocycles. The molecule has 3 unspecified atom stereocenters. The number of imide groups is 1. The van der Waals surface area contributed by atoms with Gasteiger partial charge in [0.2, 0.25) is 0 Å². The molecule has 1 saturated heterocycles. The van der Waals surface area contributed by atoms with Gasteiger partial charge < -0.3 is 10.6 Å². The number of nitrogens with zero attached hydrogens (tertiary/aromatic N) is 2. The molecule has 2 fully saturated rings. The minimum atomic E-state index is -0.288. The molecule has 0 radical (unpaired) electrons. The molecule has 1 aliphatic carbocycles. The molecule has 3 atom stereocenters. The van der Waals surface area contributed by atoms with Crippen molar-refractivity contribution in [3.05, 3.63) is 70.8 Å². The zero-order chi connectivity index (χ0) is 20.1. The third-order valence-corrected chi connectivity index (χ3v) is 6.59. The number of hydrogen-bond donors (Lipinski definition) is 1. The summed E-state index contributed by atoms with van der Waals surface area (Å²) >= 11 is 0. The van der Waals surface area contributed by atoms with Gasteiger partial charge in [0.25, 0.3) is 17.7 Å². The van der Waals surface area contributed by atoms with E-state index < -0.39 is 0 Å². The molecule has 3 aliphatic rings. The van der Waals surface area contributed by atoms with Crippen LogP contribution in [-0.2, 0) is 6.54 Å². The van der Waals surface area contributed by atoms with Gasteiger partial charge in [0.05, 0.1) is 17.7 Å². The van der Waals surface area contributed by atoms with E-state index in [0.717, 1.165) is 24.9 Å². The molecule has 29 heavy (non-hydrogen) atoms. The molecule has 2 aliphatic heterocycles. The summed E-state index contributed by atoms with van der Waals surface area (Å²) in [4.78, 5) is 41.4. The summed E-state index contributed by atoms with van der Waals surface area (Å²) in [6.45, 7) is 1.64. The molecule has 5 rings (SSSR count). The molecule has 1 saturated carbocycles. The first-order chi connectivity index (χ1) is 14.0. The molecule has 148 valence electrons. The molecule has 3 amide bonds. The van der Waals surface area contributed by atoms with Gasteiger partial charge in [-0.2, -0.15) is 0 Å². The van der Waals surface area contributed by atoms with Gasteiger partial charge in [0.15, 0.2) is 0 Å². The van der Waals surface area contributed by atoms with Crippen molar-refractivity contribution >= 4 is 17.7 Å². The number of hydrogen-bond acceptors (Lipinski definition) is 4. The molecular weight excluding hydrogens is 366 g/mol. The summed E-state index contributed by atoms with van der Waals surface area (Å²) in [5.41, 5.74) is 8.42. The van der Waals surface area contributed by atoms with Crippen LogP contribution in [0.5, 0.6) is 0 Å². The Bertz CT molecular complexity index is 983. The minimum Gasteiger partial charge on any atom is -0.338 e. The lowest BCUT2D eigenvalue weighted by Gasteiger charge is -2.20. The molecule has 0 bridgehead atoms. The summed E-state index contributed by atoms with van der Waals surface area (Å²) in [5.74, 6) is 0.333. The minimum absolute atomic E-state index is 0.00388. The lowest BCUT2D eigenvalue weighted by molar-refractivity contribution is 0.0642. The van der Waals surface area contributed by atoms with Crippen LogP contribution >= 0.6 is 0 Å². The van der Waals surface area contributed by atoms with Crippen molar-refractivity contribution in [2.45, 2.75) is 25.4 Å². The van der Waals surface area contributed by atoms with Crippen LogP contribution in [-0.4, -0.2) is 46.7 Å². The second-order valence-corrected chi connectivity index (χ2v) is 8.32. The second kappa shape index (κ2) is 6.81. The van der Waals surface area contributed by atoms with E-state index in [9.17, 15) is 14.4 Å². The third-order valence-electron chi connectivity index (χ3n) is 6.59. The molecule has 2 aromatic carbocycles. The standard InChI is InChI=1S/C23H23N3O3/c24-20-9-8-16-12-25(13-19(16)20)21(27)15-5-3-4-14(10-15)11-26-22(28)17-6-1-2-7-18(17)23(26)29/h1-7,10,16,19-20H,8-9,11-13,24H2. The fourth-order valence-electron chi connectivity index (χ4n) is 5.02. The number of amides is 3. The van der Waals surface area contributed by atoms with E-state index in [2.05, 4.69) is 0 Å². The van der Waals surface area contributed by atoms with Crippen molar-refractivity contribution in [3.8, 4) is 0 Å². The first-order valence-electron chi connectivity index (χ1n) is 10.1. The zero-order valence-corrected chi connectivity index (χ0v) is 16.1. The summed E-state index contributed by atoms with van der Waals surface area (Å²) in [6.07, 6.45) is 2.14. The number of rotatable bonds is 3. The van der Waals surface area contributed by atoms with Gasteiger partial charge in [-0.15, -0.1) is 0 Å². The Morgan fingerprint density at radius 3 is 2.38 bits per heavy atom. The van der Waals surface area contributed by atoms with E-state index >= 15 is 0 Å². The summed E-state index contributed by atoms with van der Waals surface area (Å²) in [5, 5.41) is 0. The van der Waals surface area contributed by atoms with Crippen molar-refractivity contribution in [3.63, 3.8) is 0 Å². The molecule has 0 aromatic heterocycles. The van der Waals surface area contributed by atoms with Crippen LogP contribution < -0.4 is 5.73 Å². The smallest absolute Gasteiger partial charge is 0.261 e. The fourth-order valence-corrected chi connectivity index (χ4v) is 5.02. The van der Waals surface area contributed by atoms with Crippen LogP contribution in [0.3, 0.4) is 0 Å². The van der Waals surface area contributed by atoms with Gasteiger partial charge in [-0.05, 0) is 54.5 Å². The predicted molar refractivity (Wildman–Crippen MR) is 107 cm³/mol. The topological polar surface area (TPSA) is 83.7 Å². The number of carbonyl (C=O) groups excluding carboxylic acids is 3. The van der Waals surface area contributed by atoms with Crippen LogP contribution in [0.25, 0.3) is 0 Å². The number of carbonyl (C=O) groups is 3. The molecular formula is C23H23N3O3. The van der Waals surface area contributed by atoms with E-state index in [1.54, 1.807) is 36.4 Å². The highest BCUT2D eigenvalue weighted by Gasteiger charge is 2.42. The fraction of sp³-hybridized carbons (Fsp3) is 0.348. The van der Waals surface area contributed by atoms with Crippen LogP contribution in [0.15, 0.2) is 48.5 Å². The predicted octanol–water partition coefficient (Wildman–Crippen LogP) is 2.29. The van der Waals surface area contributed by atoms with Gasteiger partial charge in [0, 0.05) is 24.7 Å². The highest BCUT2D eigenvalue weighted by molar-refractivity contribution is 6.21. The number of fused-ring (bicyclic) bond motifs is 2. The quantitative estimate of drug-likeness (QED) is 0.817. The van der Waals surface area contributed by atoms with E-state index in [1.807, 2.05) is 17.0 Å². The summed E-state index contributed by atoms with van der Waals surface area (Å²) in [7, 11) is 0. The third kappa shape index (κ3) is 2.95. The van der Waals surface area contributed by atoms with Gasteiger partial charge >= 0.3 is 0 Å². The second-order valence-electron chi connectivity index (χ2n) is 8.32. The largest absolute Gasteiger partial charge is 0.338 e. The van der Waals surface area contributed by atoms with Gasteiger partial charge in [-0.1, -0.05) is 24.3 Å².